The number of aryl methyl sites for hydroxylation is 1. The highest BCUT2D eigenvalue weighted by atomic mass is 15.1. The molecule has 1 aromatic heterocycles. The molecule has 2 N–H and O–H groups in total. The molecule has 1 heterocycles. The van der Waals surface area contributed by atoms with E-state index in [1.165, 1.54) is 38.5 Å². The van der Waals surface area contributed by atoms with Crippen molar-refractivity contribution in [3.05, 3.63) is 11.4 Å². The average Bonchev–Trinajstić information content (AvgIpc) is 2.98. The molecule has 4 heteroatoms. The molecule has 0 atom stereocenters. The lowest BCUT2D eigenvalue weighted by atomic mass is 10.0. The first-order chi connectivity index (χ1) is 10.2. The van der Waals surface area contributed by atoms with E-state index in [2.05, 4.69) is 34.4 Å². The molecule has 21 heavy (non-hydrogen) atoms. The lowest BCUT2D eigenvalue weighted by Crippen LogP contribution is -2.12. The van der Waals surface area contributed by atoms with E-state index in [0.717, 1.165) is 48.5 Å². The van der Waals surface area contributed by atoms with Crippen LogP contribution in [0.1, 0.15) is 63.3 Å². The van der Waals surface area contributed by atoms with Gasteiger partial charge in [-0.2, -0.15) is 0 Å². The van der Waals surface area contributed by atoms with E-state index >= 15 is 0 Å². The minimum Gasteiger partial charge on any atom is -0.370 e. The van der Waals surface area contributed by atoms with E-state index in [-0.39, 0.29) is 0 Å². The molecule has 0 bridgehead atoms. The molecular formula is C17H30N4. The van der Waals surface area contributed by atoms with Gasteiger partial charge in [-0.3, -0.25) is 0 Å². The van der Waals surface area contributed by atoms with E-state index < -0.39 is 0 Å². The van der Waals surface area contributed by atoms with Gasteiger partial charge < -0.3 is 10.6 Å². The van der Waals surface area contributed by atoms with Crippen LogP contribution in [0.15, 0.2) is 0 Å². The van der Waals surface area contributed by atoms with Crippen LogP contribution in [0, 0.1) is 19.8 Å². The fraction of sp³-hybridized carbons (Fsp3) is 0.765. The molecule has 0 spiro atoms. The van der Waals surface area contributed by atoms with Crippen LogP contribution in [0.2, 0.25) is 0 Å². The van der Waals surface area contributed by atoms with Crippen molar-refractivity contribution in [3.8, 4) is 0 Å². The Morgan fingerprint density at radius 2 is 1.62 bits per heavy atom. The number of rotatable bonds is 8. The van der Waals surface area contributed by atoms with Gasteiger partial charge in [-0.15, -0.1) is 0 Å². The van der Waals surface area contributed by atoms with E-state index in [4.69, 9.17) is 0 Å². The smallest absolute Gasteiger partial charge is 0.134 e. The fourth-order valence-electron chi connectivity index (χ4n) is 3.11. The molecule has 1 aliphatic carbocycles. The number of aromatic nitrogens is 2. The number of hydrogen-bond donors (Lipinski definition) is 2. The Balaban J connectivity index is 1.84. The van der Waals surface area contributed by atoms with Crippen molar-refractivity contribution in [3.63, 3.8) is 0 Å². The van der Waals surface area contributed by atoms with Crippen LogP contribution in [0.4, 0.5) is 11.6 Å². The molecule has 2 rings (SSSR count). The summed E-state index contributed by atoms with van der Waals surface area (Å²) in [6.45, 7) is 8.19. The molecule has 0 aromatic carbocycles. The van der Waals surface area contributed by atoms with E-state index in [1.807, 2.05) is 6.92 Å². The third kappa shape index (κ3) is 4.87. The normalized spacial score (nSPS) is 15.4. The van der Waals surface area contributed by atoms with Crippen LogP contribution >= 0.6 is 0 Å². The Morgan fingerprint density at radius 3 is 2.24 bits per heavy atom. The second kappa shape index (κ2) is 8.20. The SMILES string of the molecule is CCCNc1nc(C)nc(NCCCC2CCCC2)c1C. The summed E-state index contributed by atoms with van der Waals surface area (Å²) >= 11 is 0. The van der Waals surface area contributed by atoms with Crippen molar-refractivity contribution in [1.82, 2.24) is 9.97 Å². The van der Waals surface area contributed by atoms with Gasteiger partial charge in [0, 0.05) is 18.7 Å². The third-order valence-electron chi connectivity index (χ3n) is 4.36. The summed E-state index contributed by atoms with van der Waals surface area (Å²) in [7, 11) is 0. The predicted octanol–water partition coefficient (Wildman–Crippen LogP) is 4.30. The van der Waals surface area contributed by atoms with Crippen LogP contribution in [0.3, 0.4) is 0 Å². The molecule has 0 unspecified atom stereocenters. The van der Waals surface area contributed by atoms with Crippen molar-refractivity contribution in [2.75, 3.05) is 23.7 Å². The van der Waals surface area contributed by atoms with E-state index in [1.54, 1.807) is 0 Å². The molecule has 1 saturated carbocycles. The molecule has 1 aromatic rings. The number of anilines is 2. The maximum absolute atomic E-state index is 4.55. The first-order valence-corrected chi connectivity index (χ1v) is 8.53. The minimum atomic E-state index is 0.831. The van der Waals surface area contributed by atoms with Gasteiger partial charge in [0.15, 0.2) is 0 Å². The van der Waals surface area contributed by atoms with Crippen LogP contribution in [0.5, 0.6) is 0 Å². The minimum absolute atomic E-state index is 0.831. The van der Waals surface area contributed by atoms with E-state index in [9.17, 15) is 0 Å². The zero-order valence-electron chi connectivity index (χ0n) is 13.8. The highest BCUT2D eigenvalue weighted by Gasteiger charge is 2.14. The second-order valence-electron chi connectivity index (χ2n) is 6.24. The number of nitrogens with zero attached hydrogens (tertiary/aromatic N) is 2. The van der Waals surface area contributed by atoms with E-state index in [0.29, 0.717) is 0 Å². The Morgan fingerprint density at radius 1 is 1.00 bits per heavy atom. The van der Waals surface area contributed by atoms with Crippen molar-refractivity contribution in [2.45, 2.75) is 65.7 Å². The topological polar surface area (TPSA) is 49.8 Å². The standard InChI is InChI=1S/C17H30N4/c1-4-11-18-16-13(2)17(21-14(3)20-16)19-12-7-10-15-8-5-6-9-15/h15H,4-12H2,1-3H3,(H2,18,19,20,21). The fourth-order valence-corrected chi connectivity index (χ4v) is 3.11. The monoisotopic (exact) mass is 290 g/mol. The summed E-state index contributed by atoms with van der Waals surface area (Å²) in [5.74, 6) is 3.77. The van der Waals surface area contributed by atoms with Crippen LogP contribution < -0.4 is 10.6 Å². The zero-order chi connectivity index (χ0) is 15.1. The summed E-state index contributed by atoms with van der Waals surface area (Å²) in [6, 6.07) is 0. The Bertz CT molecular complexity index is 439. The lowest BCUT2D eigenvalue weighted by molar-refractivity contribution is 0.491. The van der Waals surface area contributed by atoms with Crippen molar-refractivity contribution >= 4 is 11.6 Å². The van der Waals surface area contributed by atoms with Crippen molar-refractivity contribution in [1.29, 1.82) is 0 Å². The first-order valence-electron chi connectivity index (χ1n) is 8.53. The summed E-state index contributed by atoms with van der Waals surface area (Å²) in [5.41, 5.74) is 1.13. The maximum atomic E-state index is 4.55. The first kappa shape index (κ1) is 16.1. The number of nitrogens with one attached hydrogen (secondary N) is 2. The highest BCUT2D eigenvalue weighted by molar-refractivity contribution is 5.57. The summed E-state index contributed by atoms with van der Waals surface area (Å²) < 4.78 is 0. The molecule has 4 nitrogen and oxygen atoms in total. The molecule has 118 valence electrons. The summed E-state index contributed by atoms with van der Waals surface area (Å²) in [6.07, 6.45) is 9.46. The average molecular weight is 290 g/mol. The van der Waals surface area contributed by atoms with Gasteiger partial charge in [0.2, 0.25) is 0 Å². The molecular weight excluding hydrogens is 260 g/mol. The predicted molar refractivity (Wildman–Crippen MR) is 90.0 cm³/mol. The van der Waals surface area contributed by atoms with Gasteiger partial charge in [0.25, 0.3) is 0 Å². The van der Waals surface area contributed by atoms with Gasteiger partial charge >= 0.3 is 0 Å². The largest absolute Gasteiger partial charge is 0.370 e. The second-order valence-corrected chi connectivity index (χ2v) is 6.24. The maximum Gasteiger partial charge on any atom is 0.134 e. The van der Waals surface area contributed by atoms with Gasteiger partial charge in [-0.05, 0) is 39.0 Å². The molecule has 1 fully saturated rings. The quantitative estimate of drug-likeness (QED) is 0.701. The van der Waals surface area contributed by atoms with Crippen molar-refractivity contribution in [2.24, 2.45) is 5.92 Å². The third-order valence-corrected chi connectivity index (χ3v) is 4.36. The molecule has 1 aliphatic rings. The van der Waals surface area contributed by atoms with Gasteiger partial charge in [0.1, 0.15) is 17.5 Å². The van der Waals surface area contributed by atoms with Crippen molar-refractivity contribution < 1.29 is 0 Å². The molecule has 0 aliphatic heterocycles. The lowest BCUT2D eigenvalue weighted by Gasteiger charge is -2.14. The highest BCUT2D eigenvalue weighted by Crippen LogP contribution is 2.28. The van der Waals surface area contributed by atoms with Crippen LogP contribution in [-0.2, 0) is 0 Å². The summed E-state index contributed by atoms with van der Waals surface area (Å²) in [5, 5.41) is 6.89. The molecule has 0 radical (unpaired) electrons. The molecule has 0 saturated heterocycles. The van der Waals surface area contributed by atoms with Gasteiger partial charge in [-0.1, -0.05) is 32.6 Å². The molecule has 0 amide bonds. The van der Waals surface area contributed by atoms with Crippen LogP contribution in [-0.4, -0.2) is 23.1 Å². The van der Waals surface area contributed by atoms with Crippen LogP contribution in [0.25, 0.3) is 0 Å². The zero-order valence-corrected chi connectivity index (χ0v) is 13.8. The Kier molecular flexibility index (Phi) is 6.27. The Labute approximate surface area is 129 Å². The van der Waals surface area contributed by atoms with Gasteiger partial charge in [0.05, 0.1) is 0 Å². The number of hydrogen-bond acceptors (Lipinski definition) is 4. The van der Waals surface area contributed by atoms with Gasteiger partial charge in [-0.25, -0.2) is 9.97 Å². The Hall–Kier alpha value is -1.32. The summed E-state index contributed by atoms with van der Waals surface area (Å²) in [4.78, 5) is 9.05.